The average molecular weight is 594 g/mol. The van der Waals surface area contributed by atoms with Gasteiger partial charge in [0.1, 0.15) is 13.6 Å². The highest BCUT2D eigenvalue weighted by Gasteiger charge is 2.71. The third-order valence-corrected chi connectivity index (χ3v) is 19.0. The summed E-state index contributed by atoms with van der Waals surface area (Å²) < 4.78 is 1.42. The summed E-state index contributed by atoms with van der Waals surface area (Å²) in [6.45, 7) is 4.69. The smallest absolute Gasteiger partial charge is 0.113 e. The standard InChI is InChI=1S/C24H42Cl2S6/c1-3-5-9-15-21-27-22(16-10-6-4-2)30-23(28-21,17-11-7-13-19-25)32-24(29-21,31-22)18-12-8-14-20-26/h3-20H2,1-2H3. The van der Waals surface area contributed by atoms with Gasteiger partial charge >= 0.3 is 0 Å². The van der Waals surface area contributed by atoms with Gasteiger partial charge in [0.05, 0.1) is 0 Å². The highest BCUT2D eigenvalue weighted by atomic mass is 35.5. The van der Waals surface area contributed by atoms with Crippen LogP contribution in [-0.2, 0) is 0 Å². The van der Waals surface area contributed by atoms with E-state index in [0.717, 1.165) is 11.8 Å². The van der Waals surface area contributed by atoms with Crippen molar-refractivity contribution in [2.75, 3.05) is 11.8 Å². The first-order chi connectivity index (χ1) is 15.5. The predicted octanol–water partition coefficient (Wildman–Crippen LogP) is 11.8. The third-order valence-electron chi connectivity index (χ3n) is 6.27. The molecule has 32 heavy (non-hydrogen) atoms. The molecule has 0 aromatic heterocycles. The van der Waals surface area contributed by atoms with Gasteiger partial charge in [-0.25, -0.2) is 0 Å². The van der Waals surface area contributed by atoms with Crippen LogP contribution in [0.1, 0.15) is 117 Å². The molecule has 0 nitrogen and oxygen atoms in total. The van der Waals surface area contributed by atoms with E-state index in [0.29, 0.717) is 13.6 Å². The molecule has 0 N–H and O–H groups in total. The van der Waals surface area contributed by atoms with Crippen LogP contribution in [0.3, 0.4) is 0 Å². The van der Waals surface area contributed by atoms with Gasteiger partial charge in [0.15, 0.2) is 0 Å². The molecule has 0 aromatic rings. The van der Waals surface area contributed by atoms with Crippen molar-refractivity contribution in [2.45, 2.75) is 130 Å². The van der Waals surface area contributed by atoms with E-state index in [1.807, 2.05) is 0 Å². The maximum absolute atomic E-state index is 6.01. The van der Waals surface area contributed by atoms with Crippen molar-refractivity contribution in [1.82, 2.24) is 0 Å². The van der Waals surface area contributed by atoms with E-state index in [-0.39, 0.29) is 0 Å². The van der Waals surface area contributed by atoms with E-state index >= 15 is 0 Å². The quantitative estimate of drug-likeness (QED) is 0.114. The van der Waals surface area contributed by atoms with Crippen molar-refractivity contribution in [3.05, 3.63) is 0 Å². The topological polar surface area (TPSA) is 0 Å². The first kappa shape index (κ1) is 29.2. The van der Waals surface area contributed by atoms with Gasteiger partial charge in [-0.2, -0.15) is 0 Å². The molecule has 188 valence electrons. The van der Waals surface area contributed by atoms with E-state index in [9.17, 15) is 0 Å². The Balaban J connectivity index is 1.83. The molecular formula is C24H42Cl2S6. The summed E-state index contributed by atoms with van der Waals surface area (Å²) in [7, 11) is 0. The Labute approximate surface area is 233 Å². The summed E-state index contributed by atoms with van der Waals surface area (Å²) in [6, 6.07) is 0. The lowest BCUT2D eigenvalue weighted by Gasteiger charge is -2.67. The van der Waals surface area contributed by atoms with Crippen LogP contribution in [0.5, 0.6) is 0 Å². The van der Waals surface area contributed by atoms with Gasteiger partial charge in [0.2, 0.25) is 0 Å². The van der Waals surface area contributed by atoms with Crippen LogP contribution in [0.4, 0.5) is 0 Å². The molecule has 4 fully saturated rings. The van der Waals surface area contributed by atoms with Crippen molar-refractivity contribution < 1.29 is 0 Å². The van der Waals surface area contributed by atoms with Crippen LogP contribution in [0.15, 0.2) is 0 Å². The molecular weight excluding hydrogens is 552 g/mol. The van der Waals surface area contributed by atoms with Crippen molar-refractivity contribution in [2.24, 2.45) is 0 Å². The minimum Gasteiger partial charge on any atom is -0.127 e. The molecule has 4 saturated heterocycles. The van der Waals surface area contributed by atoms with Gasteiger partial charge < -0.3 is 0 Å². The molecule has 0 atom stereocenters. The van der Waals surface area contributed by atoms with Gasteiger partial charge in [-0.05, 0) is 38.5 Å². The molecule has 4 aliphatic rings. The highest BCUT2D eigenvalue weighted by Crippen LogP contribution is 2.91. The van der Waals surface area contributed by atoms with Gasteiger partial charge in [-0.15, -0.1) is 93.8 Å². The molecule has 0 aromatic carbocycles. The largest absolute Gasteiger partial charge is 0.127 e. The fourth-order valence-corrected chi connectivity index (χ4v) is 26.9. The zero-order valence-electron chi connectivity index (χ0n) is 19.9. The molecule has 0 unspecified atom stereocenters. The second kappa shape index (κ2) is 14.0. The minimum atomic E-state index is 0.346. The fraction of sp³-hybridized carbons (Fsp3) is 1.00. The summed E-state index contributed by atoms with van der Waals surface area (Å²) in [5.41, 5.74) is 0. The van der Waals surface area contributed by atoms with E-state index in [4.69, 9.17) is 23.2 Å². The van der Waals surface area contributed by atoms with Crippen LogP contribution in [-0.4, -0.2) is 25.4 Å². The van der Waals surface area contributed by atoms with Crippen LogP contribution < -0.4 is 0 Å². The Morgan fingerprint density at radius 3 is 0.938 bits per heavy atom. The Morgan fingerprint density at radius 1 is 0.406 bits per heavy atom. The number of hydrogen-bond donors (Lipinski definition) is 0. The monoisotopic (exact) mass is 592 g/mol. The zero-order valence-corrected chi connectivity index (χ0v) is 26.3. The average Bonchev–Trinajstić information content (AvgIpc) is 2.74. The molecule has 4 heterocycles. The van der Waals surface area contributed by atoms with E-state index in [2.05, 4.69) is 84.4 Å². The Morgan fingerprint density at radius 2 is 0.688 bits per heavy atom. The lowest BCUT2D eigenvalue weighted by atomic mass is 10.2. The first-order valence-electron chi connectivity index (χ1n) is 12.8. The Bertz CT molecular complexity index is 503. The maximum Gasteiger partial charge on any atom is 0.113 e. The molecule has 4 aliphatic heterocycles. The SMILES string of the molecule is CCCCCC12SC3(CCCCC)SC(CCCCCCl)(S1)SC(CCCCCCl)(S2)S3. The normalized spacial score (nSPS) is 35.6. The zero-order chi connectivity index (χ0) is 23.0. The number of thioether (sulfide) groups is 6. The third kappa shape index (κ3) is 7.84. The van der Waals surface area contributed by atoms with Crippen molar-refractivity contribution in [3.63, 3.8) is 0 Å². The summed E-state index contributed by atoms with van der Waals surface area (Å²) >= 11 is 26.3. The van der Waals surface area contributed by atoms with Crippen molar-refractivity contribution >= 4 is 93.8 Å². The second-order valence-corrected chi connectivity index (χ2v) is 22.7. The first-order valence-corrected chi connectivity index (χ1v) is 18.8. The van der Waals surface area contributed by atoms with Gasteiger partial charge in [0, 0.05) is 11.8 Å². The van der Waals surface area contributed by atoms with Gasteiger partial charge in [0.25, 0.3) is 0 Å². The molecule has 0 radical (unpaired) electrons. The lowest BCUT2D eigenvalue weighted by molar-refractivity contribution is 0.644. The Kier molecular flexibility index (Phi) is 12.8. The van der Waals surface area contributed by atoms with Crippen LogP contribution in [0.2, 0.25) is 0 Å². The highest BCUT2D eigenvalue weighted by molar-refractivity contribution is 8.64. The molecule has 0 amide bonds. The summed E-state index contributed by atoms with van der Waals surface area (Å²) in [5, 5.41) is 0. The molecule has 4 rings (SSSR count). The van der Waals surface area contributed by atoms with Gasteiger partial charge in [-0.3, -0.25) is 0 Å². The second-order valence-electron chi connectivity index (χ2n) is 9.26. The van der Waals surface area contributed by atoms with Crippen molar-refractivity contribution in [3.8, 4) is 0 Å². The van der Waals surface area contributed by atoms with Crippen LogP contribution in [0, 0.1) is 0 Å². The summed E-state index contributed by atoms with van der Waals surface area (Å²) in [6.07, 6.45) is 21.2. The number of hydrogen-bond acceptors (Lipinski definition) is 6. The summed E-state index contributed by atoms with van der Waals surface area (Å²) in [4.78, 5) is 0. The van der Waals surface area contributed by atoms with E-state index < -0.39 is 0 Å². The predicted molar refractivity (Wildman–Crippen MR) is 163 cm³/mol. The number of halogens is 2. The summed E-state index contributed by atoms with van der Waals surface area (Å²) in [5.74, 6) is 1.63. The van der Waals surface area contributed by atoms with Crippen LogP contribution in [0.25, 0.3) is 0 Å². The van der Waals surface area contributed by atoms with Crippen LogP contribution >= 0.6 is 93.8 Å². The number of rotatable bonds is 18. The minimum absolute atomic E-state index is 0.346. The Hall–Kier alpha value is 2.68. The van der Waals surface area contributed by atoms with E-state index in [1.54, 1.807) is 0 Å². The molecule has 0 aliphatic carbocycles. The molecule has 4 bridgehead atoms. The van der Waals surface area contributed by atoms with Gasteiger partial charge in [-0.1, -0.05) is 78.1 Å². The fourth-order valence-electron chi connectivity index (χ4n) is 4.69. The lowest BCUT2D eigenvalue weighted by Crippen LogP contribution is -2.53. The molecule has 8 heteroatoms. The maximum atomic E-state index is 6.01. The molecule has 0 spiro atoms. The van der Waals surface area contributed by atoms with Crippen molar-refractivity contribution in [1.29, 1.82) is 0 Å². The molecule has 0 saturated carbocycles. The number of unbranched alkanes of at least 4 members (excludes halogenated alkanes) is 8. The van der Waals surface area contributed by atoms with E-state index in [1.165, 1.54) is 103 Å². The number of alkyl halides is 2.